The molecule has 1 amide bonds. The molecular weight excluding hydrogens is 352 g/mol. The SMILES string of the molecule is Cc1cccc(NC(=O)CN2CCc3sccc3C2c2ccccc2)c1C. The van der Waals surface area contributed by atoms with Gasteiger partial charge in [-0.3, -0.25) is 9.69 Å². The van der Waals surface area contributed by atoms with Crippen molar-refractivity contribution in [2.45, 2.75) is 26.3 Å². The summed E-state index contributed by atoms with van der Waals surface area (Å²) in [5.74, 6) is 0.0447. The molecule has 0 saturated carbocycles. The number of thiophene rings is 1. The second-order valence-corrected chi connectivity index (χ2v) is 8.13. The minimum atomic E-state index is 0.0447. The molecule has 1 unspecified atom stereocenters. The third-order valence-electron chi connectivity index (χ3n) is 5.41. The number of fused-ring (bicyclic) bond motifs is 1. The average molecular weight is 377 g/mol. The van der Waals surface area contributed by atoms with Crippen LogP contribution in [-0.2, 0) is 11.2 Å². The van der Waals surface area contributed by atoms with E-state index in [1.54, 1.807) is 0 Å². The number of nitrogens with zero attached hydrogens (tertiary/aromatic N) is 1. The summed E-state index contributed by atoms with van der Waals surface area (Å²) in [5.41, 5.74) is 5.82. The molecule has 3 aromatic rings. The molecule has 1 aliphatic rings. The zero-order valence-electron chi connectivity index (χ0n) is 15.7. The highest BCUT2D eigenvalue weighted by atomic mass is 32.1. The molecule has 4 rings (SSSR count). The van der Waals surface area contributed by atoms with Crippen molar-refractivity contribution in [3.05, 3.63) is 87.1 Å². The molecule has 3 nitrogen and oxygen atoms in total. The van der Waals surface area contributed by atoms with Crippen LogP contribution in [0.25, 0.3) is 0 Å². The molecule has 0 fully saturated rings. The van der Waals surface area contributed by atoms with Crippen molar-refractivity contribution in [1.29, 1.82) is 0 Å². The van der Waals surface area contributed by atoms with Crippen LogP contribution in [0.3, 0.4) is 0 Å². The number of aryl methyl sites for hydroxylation is 1. The van der Waals surface area contributed by atoms with Crippen molar-refractivity contribution in [2.75, 3.05) is 18.4 Å². The molecule has 1 N–H and O–H groups in total. The number of carbonyl (C=O) groups excluding carboxylic acids is 1. The molecular formula is C23H24N2OS. The predicted molar refractivity (Wildman–Crippen MR) is 112 cm³/mol. The second-order valence-electron chi connectivity index (χ2n) is 7.13. The number of hydrogen-bond acceptors (Lipinski definition) is 3. The fraction of sp³-hybridized carbons (Fsp3) is 0.261. The zero-order valence-corrected chi connectivity index (χ0v) is 16.6. The Bertz CT molecular complexity index is 948. The normalized spacial score (nSPS) is 16.7. The van der Waals surface area contributed by atoms with E-state index in [0.717, 1.165) is 24.2 Å². The van der Waals surface area contributed by atoms with Crippen molar-refractivity contribution in [3.63, 3.8) is 0 Å². The number of nitrogens with one attached hydrogen (secondary N) is 1. The van der Waals surface area contributed by atoms with Crippen LogP contribution in [0.5, 0.6) is 0 Å². The first-order valence-electron chi connectivity index (χ1n) is 9.35. The van der Waals surface area contributed by atoms with E-state index in [0.29, 0.717) is 6.54 Å². The fourth-order valence-corrected chi connectivity index (χ4v) is 4.73. The summed E-state index contributed by atoms with van der Waals surface area (Å²) in [6.07, 6.45) is 1.01. The second kappa shape index (κ2) is 7.67. The van der Waals surface area contributed by atoms with E-state index in [1.807, 2.05) is 29.5 Å². The molecule has 0 saturated heterocycles. The van der Waals surface area contributed by atoms with Crippen LogP contribution in [0.15, 0.2) is 60.0 Å². The van der Waals surface area contributed by atoms with Gasteiger partial charge in [-0.05, 0) is 60.0 Å². The van der Waals surface area contributed by atoms with Crippen molar-refractivity contribution >= 4 is 22.9 Å². The first-order valence-corrected chi connectivity index (χ1v) is 10.2. The molecule has 0 spiro atoms. The largest absolute Gasteiger partial charge is 0.325 e. The molecule has 0 aliphatic carbocycles. The van der Waals surface area contributed by atoms with Crippen LogP contribution >= 0.6 is 11.3 Å². The molecule has 1 atom stereocenters. The highest BCUT2D eigenvalue weighted by molar-refractivity contribution is 7.10. The van der Waals surface area contributed by atoms with Crippen LogP contribution in [0.1, 0.15) is 33.2 Å². The van der Waals surface area contributed by atoms with Gasteiger partial charge in [0.25, 0.3) is 0 Å². The lowest BCUT2D eigenvalue weighted by Gasteiger charge is -2.35. The van der Waals surface area contributed by atoms with Gasteiger partial charge in [0.15, 0.2) is 0 Å². The Labute approximate surface area is 164 Å². The van der Waals surface area contributed by atoms with Gasteiger partial charge >= 0.3 is 0 Å². The molecule has 4 heteroatoms. The Morgan fingerprint density at radius 1 is 1.11 bits per heavy atom. The maximum absolute atomic E-state index is 12.8. The average Bonchev–Trinajstić information content (AvgIpc) is 3.15. The molecule has 1 aromatic heterocycles. The van der Waals surface area contributed by atoms with E-state index in [-0.39, 0.29) is 11.9 Å². The van der Waals surface area contributed by atoms with Crippen LogP contribution in [-0.4, -0.2) is 23.9 Å². The molecule has 138 valence electrons. The lowest BCUT2D eigenvalue weighted by molar-refractivity contribution is -0.117. The van der Waals surface area contributed by atoms with Gasteiger partial charge in [0.2, 0.25) is 5.91 Å². The van der Waals surface area contributed by atoms with Crippen molar-refractivity contribution < 1.29 is 4.79 Å². The minimum Gasteiger partial charge on any atom is -0.325 e. The van der Waals surface area contributed by atoms with Gasteiger partial charge < -0.3 is 5.32 Å². The van der Waals surface area contributed by atoms with E-state index in [9.17, 15) is 4.79 Å². The number of rotatable bonds is 4. The number of carbonyl (C=O) groups is 1. The van der Waals surface area contributed by atoms with Crippen LogP contribution in [0, 0.1) is 13.8 Å². The van der Waals surface area contributed by atoms with Gasteiger partial charge in [0.1, 0.15) is 0 Å². The number of anilines is 1. The van der Waals surface area contributed by atoms with Gasteiger partial charge in [0, 0.05) is 17.1 Å². The third kappa shape index (κ3) is 3.68. The quantitative estimate of drug-likeness (QED) is 0.699. The standard InChI is InChI=1S/C23H24N2OS/c1-16-7-6-10-20(17(16)2)24-22(26)15-25-13-11-21-19(12-14-27-21)23(25)18-8-4-3-5-9-18/h3-10,12,14,23H,11,13,15H2,1-2H3,(H,24,26). The number of benzene rings is 2. The summed E-state index contributed by atoms with van der Waals surface area (Å²) >= 11 is 1.82. The Hall–Kier alpha value is -2.43. The molecule has 27 heavy (non-hydrogen) atoms. The fourth-order valence-electron chi connectivity index (χ4n) is 3.83. The lowest BCUT2D eigenvalue weighted by atomic mass is 9.93. The van der Waals surface area contributed by atoms with Crippen molar-refractivity contribution in [2.24, 2.45) is 0 Å². The molecule has 2 aromatic carbocycles. The first-order chi connectivity index (χ1) is 13.1. The Morgan fingerprint density at radius 2 is 1.93 bits per heavy atom. The van der Waals surface area contributed by atoms with E-state index in [2.05, 4.69) is 65.8 Å². The van der Waals surface area contributed by atoms with Crippen LogP contribution in [0.4, 0.5) is 5.69 Å². The monoisotopic (exact) mass is 376 g/mol. The molecule has 0 radical (unpaired) electrons. The van der Waals surface area contributed by atoms with Crippen molar-refractivity contribution in [1.82, 2.24) is 4.90 Å². The van der Waals surface area contributed by atoms with E-state index in [4.69, 9.17) is 0 Å². The van der Waals surface area contributed by atoms with Crippen molar-refractivity contribution in [3.8, 4) is 0 Å². The van der Waals surface area contributed by atoms with E-state index >= 15 is 0 Å². The lowest BCUT2D eigenvalue weighted by Crippen LogP contribution is -2.40. The number of hydrogen-bond donors (Lipinski definition) is 1. The Balaban J connectivity index is 1.57. The van der Waals surface area contributed by atoms with Gasteiger partial charge in [-0.25, -0.2) is 0 Å². The topological polar surface area (TPSA) is 32.3 Å². The Kier molecular flexibility index (Phi) is 5.10. The zero-order chi connectivity index (χ0) is 18.8. The summed E-state index contributed by atoms with van der Waals surface area (Å²) < 4.78 is 0. The summed E-state index contributed by atoms with van der Waals surface area (Å²) in [6.45, 7) is 5.41. The summed E-state index contributed by atoms with van der Waals surface area (Å²) in [5, 5.41) is 5.28. The smallest absolute Gasteiger partial charge is 0.238 e. The van der Waals surface area contributed by atoms with Crippen LogP contribution in [0.2, 0.25) is 0 Å². The predicted octanol–water partition coefficient (Wildman–Crippen LogP) is 4.95. The Morgan fingerprint density at radius 3 is 2.74 bits per heavy atom. The minimum absolute atomic E-state index is 0.0447. The first kappa shape index (κ1) is 18.0. The maximum atomic E-state index is 12.8. The third-order valence-corrected chi connectivity index (χ3v) is 6.40. The molecule has 1 aliphatic heterocycles. The molecule has 0 bridgehead atoms. The van der Waals surface area contributed by atoms with E-state index in [1.165, 1.54) is 21.6 Å². The number of amides is 1. The molecule has 2 heterocycles. The summed E-state index contributed by atoms with van der Waals surface area (Å²) in [4.78, 5) is 16.6. The highest BCUT2D eigenvalue weighted by Gasteiger charge is 2.30. The van der Waals surface area contributed by atoms with Gasteiger partial charge in [0.05, 0.1) is 12.6 Å². The summed E-state index contributed by atoms with van der Waals surface area (Å²) in [6, 6.07) is 18.9. The maximum Gasteiger partial charge on any atom is 0.238 e. The van der Waals surface area contributed by atoms with Crippen LogP contribution < -0.4 is 5.32 Å². The van der Waals surface area contributed by atoms with E-state index < -0.39 is 0 Å². The van der Waals surface area contributed by atoms with Gasteiger partial charge in [-0.1, -0.05) is 42.5 Å². The van der Waals surface area contributed by atoms with Gasteiger partial charge in [-0.15, -0.1) is 11.3 Å². The highest BCUT2D eigenvalue weighted by Crippen LogP contribution is 2.37. The van der Waals surface area contributed by atoms with Gasteiger partial charge in [-0.2, -0.15) is 0 Å². The summed E-state index contributed by atoms with van der Waals surface area (Å²) in [7, 11) is 0.